The van der Waals surface area contributed by atoms with Crippen molar-refractivity contribution in [3.63, 3.8) is 0 Å². The Hall–Kier alpha value is -2.52. The van der Waals surface area contributed by atoms with Crippen LogP contribution in [0.25, 0.3) is 11.6 Å². The van der Waals surface area contributed by atoms with Gasteiger partial charge in [-0.3, -0.25) is 0 Å². The van der Waals surface area contributed by atoms with E-state index in [1.54, 1.807) is 6.07 Å². The summed E-state index contributed by atoms with van der Waals surface area (Å²) in [5.74, 6) is 1.99. The van der Waals surface area contributed by atoms with Gasteiger partial charge in [0.2, 0.25) is 5.89 Å². The van der Waals surface area contributed by atoms with E-state index in [1.165, 1.54) is 0 Å². The van der Waals surface area contributed by atoms with Crippen LogP contribution < -0.4 is 9.64 Å². The van der Waals surface area contributed by atoms with Gasteiger partial charge in [0, 0.05) is 0 Å². The highest BCUT2D eigenvalue weighted by Gasteiger charge is 2.30. The highest BCUT2D eigenvalue weighted by atomic mass is 79.9. The summed E-state index contributed by atoms with van der Waals surface area (Å²) in [7, 11) is 0. The lowest BCUT2D eigenvalue weighted by Gasteiger charge is -2.39. The number of hydrogen-bond donors (Lipinski definition) is 1. The van der Waals surface area contributed by atoms with Crippen molar-refractivity contribution < 1.29 is 14.3 Å². The second-order valence-corrected chi connectivity index (χ2v) is 6.37. The summed E-state index contributed by atoms with van der Waals surface area (Å²) in [6.45, 7) is 1.18. The quantitative estimate of drug-likeness (QED) is 0.690. The van der Waals surface area contributed by atoms with Crippen LogP contribution in [0.1, 0.15) is 5.89 Å². The van der Waals surface area contributed by atoms with Gasteiger partial charge in [-0.05, 0) is 40.2 Å². The van der Waals surface area contributed by atoms with Gasteiger partial charge in [0.15, 0.2) is 5.82 Å². The minimum Gasteiger partial charge on any atom is -0.486 e. The molecule has 1 aromatic carbocycles. The van der Waals surface area contributed by atoms with E-state index in [-0.39, 0.29) is 24.5 Å². The van der Waals surface area contributed by atoms with Gasteiger partial charge < -0.3 is 19.2 Å². The van der Waals surface area contributed by atoms with E-state index < -0.39 is 0 Å². The maximum Gasteiger partial charge on any atom is 0.268 e. The first-order valence-electron chi connectivity index (χ1n) is 7.66. The second kappa shape index (κ2) is 6.77. The lowest BCUT2D eigenvalue weighted by Crippen LogP contribution is -2.54. The van der Waals surface area contributed by atoms with E-state index in [1.807, 2.05) is 30.3 Å². The molecule has 0 aliphatic carbocycles. The van der Waals surface area contributed by atoms with E-state index in [9.17, 15) is 0 Å². The van der Waals surface area contributed by atoms with Crippen LogP contribution in [-0.2, 0) is 6.61 Å². The Morgan fingerprint density at radius 1 is 1.12 bits per heavy atom. The number of halogens is 1. The number of ether oxygens (including phenoxy) is 1. The number of anilines is 1. The lowest BCUT2D eigenvalue weighted by molar-refractivity contribution is 0.165. The van der Waals surface area contributed by atoms with Crippen molar-refractivity contribution in [1.82, 2.24) is 20.4 Å². The summed E-state index contributed by atoms with van der Waals surface area (Å²) >= 11 is 3.48. The molecule has 0 atom stereocenters. The van der Waals surface area contributed by atoms with Crippen molar-refractivity contribution in [2.75, 3.05) is 18.0 Å². The fraction of sp³-hybridized carbons (Fsp3) is 0.250. The van der Waals surface area contributed by atoms with Crippen molar-refractivity contribution in [3.8, 4) is 17.3 Å². The molecule has 0 amide bonds. The topological polar surface area (TPSA) is 97.4 Å². The maximum absolute atomic E-state index is 8.95. The van der Waals surface area contributed by atoms with Gasteiger partial charge >= 0.3 is 0 Å². The molecule has 0 saturated carbocycles. The predicted molar refractivity (Wildman–Crippen MR) is 92.0 cm³/mol. The smallest absolute Gasteiger partial charge is 0.268 e. The largest absolute Gasteiger partial charge is 0.486 e. The molecule has 25 heavy (non-hydrogen) atoms. The fourth-order valence-corrected chi connectivity index (χ4v) is 2.83. The monoisotopic (exact) mass is 403 g/mol. The zero-order valence-electron chi connectivity index (χ0n) is 13.0. The van der Waals surface area contributed by atoms with Gasteiger partial charge in [-0.2, -0.15) is 0 Å². The van der Waals surface area contributed by atoms with E-state index in [2.05, 4.69) is 41.2 Å². The summed E-state index contributed by atoms with van der Waals surface area (Å²) in [4.78, 5) is 2.07. The van der Waals surface area contributed by atoms with Gasteiger partial charge in [0.25, 0.3) is 5.89 Å². The molecule has 0 unspecified atom stereocenters. The Bertz CT molecular complexity index is 864. The number of benzene rings is 1. The zero-order valence-corrected chi connectivity index (χ0v) is 14.6. The van der Waals surface area contributed by atoms with Crippen molar-refractivity contribution in [2.45, 2.75) is 12.7 Å². The number of nitrogens with zero attached hydrogens (tertiary/aromatic N) is 5. The van der Waals surface area contributed by atoms with Crippen LogP contribution >= 0.6 is 15.9 Å². The van der Waals surface area contributed by atoms with Gasteiger partial charge in [-0.1, -0.05) is 12.1 Å². The Morgan fingerprint density at radius 3 is 2.64 bits per heavy atom. The van der Waals surface area contributed by atoms with Crippen molar-refractivity contribution >= 4 is 21.7 Å². The molecule has 1 aliphatic heterocycles. The standard InChI is InChI=1S/C16H14BrN5O3/c17-11-3-1-2-4-13(11)24-10-7-22(8-10)14-6-5-12(18-19-14)16-21-20-15(9-23)25-16/h1-6,10,23H,7-9H2. The molecule has 1 fully saturated rings. The average molecular weight is 404 g/mol. The number of aliphatic hydroxyl groups excluding tert-OH is 1. The molecule has 1 aliphatic rings. The Morgan fingerprint density at radius 2 is 1.96 bits per heavy atom. The second-order valence-electron chi connectivity index (χ2n) is 5.51. The van der Waals surface area contributed by atoms with E-state index >= 15 is 0 Å². The average Bonchev–Trinajstić information content (AvgIpc) is 3.09. The van der Waals surface area contributed by atoms with E-state index in [0.29, 0.717) is 5.69 Å². The third-order valence-corrected chi connectivity index (χ3v) is 4.43. The first kappa shape index (κ1) is 16.0. The minimum absolute atomic E-state index is 0.114. The molecule has 0 radical (unpaired) electrons. The molecule has 1 saturated heterocycles. The van der Waals surface area contributed by atoms with Crippen LogP contribution in [0.2, 0.25) is 0 Å². The molecule has 3 heterocycles. The molecule has 128 valence electrons. The number of rotatable bonds is 5. The molecule has 9 heteroatoms. The molecule has 2 aromatic heterocycles. The van der Waals surface area contributed by atoms with Gasteiger partial charge in [-0.25, -0.2) is 0 Å². The molecular formula is C16H14BrN5O3. The number of para-hydroxylation sites is 1. The van der Waals surface area contributed by atoms with Crippen LogP contribution in [0, 0.1) is 0 Å². The minimum atomic E-state index is -0.300. The summed E-state index contributed by atoms with van der Waals surface area (Å²) in [6.07, 6.45) is 0.114. The Balaban J connectivity index is 1.37. The predicted octanol–water partition coefficient (Wildman–Crippen LogP) is 2.05. The number of aliphatic hydroxyl groups is 1. The lowest BCUT2D eigenvalue weighted by atomic mass is 10.1. The molecule has 0 bridgehead atoms. The third kappa shape index (κ3) is 3.33. The number of aromatic nitrogens is 4. The first-order valence-corrected chi connectivity index (χ1v) is 8.45. The van der Waals surface area contributed by atoms with Crippen LogP contribution in [-0.4, -0.2) is 44.7 Å². The van der Waals surface area contributed by atoms with E-state index in [0.717, 1.165) is 29.1 Å². The van der Waals surface area contributed by atoms with Gasteiger partial charge in [-0.15, -0.1) is 20.4 Å². The molecular weight excluding hydrogens is 390 g/mol. The van der Waals surface area contributed by atoms with Crippen LogP contribution in [0.3, 0.4) is 0 Å². The zero-order chi connectivity index (χ0) is 17.2. The normalized spacial score (nSPS) is 14.4. The summed E-state index contributed by atoms with van der Waals surface area (Å²) in [5, 5.41) is 24.7. The van der Waals surface area contributed by atoms with E-state index in [4.69, 9.17) is 14.3 Å². The molecule has 3 aromatic rings. The van der Waals surface area contributed by atoms with Crippen LogP contribution in [0.5, 0.6) is 5.75 Å². The number of hydrogen-bond acceptors (Lipinski definition) is 8. The summed E-state index contributed by atoms with van der Waals surface area (Å²) in [6, 6.07) is 11.4. The highest BCUT2D eigenvalue weighted by Crippen LogP contribution is 2.28. The van der Waals surface area contributed by atoms with Crippen LogP contribution in [0.15, 0.2) is 45.3 Å². The van der Waals surface area contributed by atoms with Crippen molar-refractivity contribution in [3.05, 3.63) is 46.8 Å². The third-order valence-electron chi connectivity index (χ3n) is 3.77. The van der Waals surface area contributed by atoms with Gasteiger partial charge in [0.05, 0.1) is 17.6 Å². The Labute approximate surface area is 151 Å². The van der Waals surface area contributed by atoms with Crippen molar-refractivity contribution in [1.29, 1.82) is 0 Å². The fourth-order valence-electron chi connectivity index (χ4n) is 2.45. The first-order chi connectivity index (χ1) is 12.2. The molecule has 1 N–H and O–H groups in total. The highest BCUT2D eigenvalue weighted by molar-refractivity contribution is 9.10. The maximum atomic E-state index is 8.95. The van der Waals surface area contributed by atoms with Crippen LogP contribution in [0.4, 0.5) is 5.82 Å². The Kier molecular flexibility index (Phi) is 4.33. The molecule has 4 rings (SSSR count). The summed E-state index contributed by atoms with van der Waals surface area (Å²) < 4.78 is 12.1. The SMILES string of the molecule is OCc1nnc(-c2ccc(N3CC(Oc4ccccc4Br)C3)nn2)o1. The molecule has 8 nitrogen and oxygen atoms in total. The summed E-state index contributed by atoms with van der Waals surface area (Å²) in [5.41, 5.74) is 0.470. The van der Waals surface area contributed by atoms with Gasteiger partial charge in [0.1, 0.15) is 24.2 Å². The van der Waals surface area contributed by atoms with Crippen molar-refractivity contribution in [2.24, 2.45) is 0 Å². The molecule has 0 spiro atoms.